The number of aromatic nitrogens is 3. The average Bonchev–Trinajstić information content (AvgIpc) is 3.26. The SMILES string of the molecule is COc1ccc(-c2c[nH]c3ncc(C4=CC(C(F)(F)F)=CC(C)(NC(=O)/C=C/CN(C)C)C4)cc23)cn1. The van der Waals surface area contributed by atoms with Crippen LogP contribution in [0.3, 0.4) is 0 Å². The van der Waals surface area contributed by atoms with Gasteiger partial charge >= 0.3 is 6.18 Å². The van der Waals surface area contributed by atoms with Gasteiger partial charge in [-0.25, -0.2) is 9.97 Å². The van der Waals surface area contributed by atoms with Crippen molar-refractivity contribution in [1.82, 2.24) is 25.2 Å². The first-order valence-electron chi connectivity index (χ1n) is 11.6. The van der Waals surface area contributed by atoms with Gasteiger partial charge in [-0.2, -0.15) is 13.2 Å². The number of halogens is 3. The van der Waals surface area contributed by atoms with Crippen LogP contribution in [0.4, 0.5) is 13.2 Å². The number of H-pyrrole nitrogens is 1. The molecule has 10 heteroatoms. The quantitative estimate of drug-likeness (QED) is 0.441. The van der Waals surface area contributed by atoms with Gasteiger partial charge in [-0.15, -0.1) is 0 Å². The van der Waals surface area contributed by atoms with Gasteiger partial charge < -0.3 is 19.9 Å². The summed E-state index contributed by atoms with van der Waals surface area (Å²) in [6.07, 6.45) is 5.77. The maximum absolute atomic E-state index is 13.9. The first kappa shape index (κ1) is 26.2. The molecule has 1 aliphatic rings. The van der Waals surface area contributed by atoms with Gasteiger partial charge in [0.1, 0.15) is 5.65 Å². The molecule has 0 saturated heterocycles. The summed E-state index contributed by atoms with van der Waals surface area (Å²) >= 11 is 0. The summed E-state index contributed by atoms with van der Waals surface area (Å²) in [4.78, 5) is 26.2. The summed E-state index contributed by atoms with van der Waals surface area (Å²) in [7, 11) is 5.24. The van der Waals surface area contributed by atoms with Gasteiger partial charge in [-0.3, -0.25) is 4.79 Å². The molecule has 1 unspecified atom stereocenters. The Hall–Kier alpha value is -3.92. The van der Waals surface area contributed by atoms with E-state index in [0.29, 0.717) is 29.2 Å². The Balaban J connectivity index is 1.69. The maximum Gasteiger partial charge on any atom is 0.416 e. The smallest absolute Gasteiger partial charge is 0.416 e. The normalized spacial score (nSPS) is 18.3. The van der Waals surface area contributed by atoms with Gasteiger partial charge in [0.15, 0.2) is 0 Å². The molecule has 0 radical (unpaired) electrons. The van der Waals surface area contributed by atoms with Crippen molar-refractivity contribution in [3.05, 3.63) is 72.2 Å². The third kappa shape index (κ3) is 6.08. The van der Waals surface area contributed by atoms with Crippen molar-refractivity contribution in [1.29, 1.82) is 0 Å². The molecule has 0 aromatic carbocycles. The molecule has 0 saturated carbocycles. The van der Waals surface area contributed by atoms with Crippen molar-refractivity contribution in [3.8, 4) is 17.0 Å². The first-order chi connectivity index (χ1) is 17.5. The zero-order chi connectivity index (χ0) is 26.8. The van der Waals surface area contributed by atoms with Crippen LogP contribution in [0.1, 0.15) is 18.9 Å². The molecule has 194 valence electrons. The second-order valence-electron chi connectivity index (χ2n) is 9.43. The molecule has 0 bridgehead atoms. The standard InChI is InChI=1S/C27H28F3N5O2/c1-26(34-23(36)6-5-9-35(2)3)12-18(10-20(13-26)27(28,29)30)19-11-21-22(16-33-25(21)32-15-19)17-7-8-24(37-4)31-14-17/h5-8,10-11,13-16H,9,12H2,1-4H3,(H,32,33)(H,34,36)/b6-5+. The monoisotopic (exact) mass is 511 g/mol. The molecule has 1 aliphatic carbocycles. The van der Waals surface area contributed by atoms with Crippen LogP contribution in [0.5, 0.6) is 5.88 Å². The summed E-state index contributed by atoms with van der Waals surface area (Å²) < 4.78 is 46.7. The highest BCUT2D eigenvalue weighted by Gasteiger charge is 2.39. The van der Waals surface area contributed by atoms with E-state index in [4.69, 9.17) is 4.74 Å². The molecule has 0 aliphatic heterocycles. The fourth-order valence-corrected chi connectivity index (χ4v) is 4.27. The number of hydrogen-bond donors (Lipinski definition) is 2. The summed E-state index contributed by atoms with van der Waals surface area (Å²) in [5, 5.41) is 3.48. The number of nitrogens with zero attached hydrogens (tertiary/aromatic N) is 3. The maximum atomic E-state index is 13.9. The Bertz CT molecular complexity index is 1390. The molecule has 4 rings (SSSR count). The average molecular weight is 512 g/mol. The van der Waals surface area contributed by atoms with E-state index >= 15 is 0 Å². The number of ether oxygens (including phenoxy) is 1. The minimum atomic E-state index is -4.58. The van der Waals surface area contributed by atoms with Crippen molar-refractivity contribution >= 4 is 22.5 Å². The zero-order valence-corrected chi connectivity index (χ0v) is 21.0. The second-order valence-corrected chi connectivity index (χ2v) is 9.43. The van der Waals surface area contributed by atoms with Crippen LogP contribution in [-0.4, -0.2) is 65.2 Å². The number of nitrogens with one attached hydrogen (secondary N) is 2. The number of methoxy groups -OCH3 is 1. The van der Waals surface area contributed by atoms with E-state index < -0.39 is 23.2 Å². The number of carbonyl (C=O) groups excluding carboxylic acids is 1. The van der Waals surface area contributed by atoms with E-state index in [1.807, 2.05) is 31.1 Å². The number of fused-ring (bicyclic) bond motifs is 1. The van der Waals surface area contributed by atoms with Gasteiger partial charge in [0.25, 0.3) is 0 Å². The number of pyridine rings is 2. The molecule has 3 aromatic rings. The number of allylic oxidation sites excluding steroid dienone is 2. The molecule has 37 heavy (non-hydrogen) atoms. The molecule has 3 heterocycles. The first-order valence-corrected chi connectivity index (χ1v) is 11.6. The topological polar surface area (TPSA) is 83.1 Å². The Morgan fingerprint density at radius 1 is 1.24 bits per heavy atom. The molecule has 1 atom stereocenters. The lowest BCUT2D eigenvalue weighted by atomic mass is 9.82. The van der Waals surface area contributed by atoms with Gasteiger partial charge in [0.2, 0.25) is 11.8 Å². The third-order valence-corrected chi connectivity index (χ3v) is 6.00. The Kier molecular flexibility index (Phi) is 7.22. The molecule has 2 N–H and O–H groups in total. The fraction of sp³-hybridized carbons (Fsp3) is 0.296. The van der Waals surface area contributed by atoms with Gasteiger partial charge in [-0.1, -0.05) is 6.08 Å². The Morgan fingerprint density at radius 2 is 2.00 bits per heavy atom. The van der Waals surface area contributed by atoms with Crippen molar-refractivity contribution in [3.63, 3.8) is 0 Å². The molecule has 0 spiro atoms. The van der Waals surface area contributed by atoms with Crippen molar-refractivity contribution in [2.75, 3.05) is 27.7 Å². The van der Waals surface area contributed by atoms with E-state index in [1.165, 1.54) is 13.2 Å². The number of carbonyl (C=O) groups is 1. The predicted molar refractivity (Wildman–Crippen MR) is 137 cm³/mol. The third-order valence-electron chi connectivity index (χ3n) is 6.00. The van der Waals surface area contributed by atoms with Gasteiger partial charge in [0, 0.05) is 53.8 Å². The van der Waals surface area contributed by atoms with Crippen LogP contribution in [0, 0.1) is 0 Å². The minimum absolute atomic E-state index is 0.164. The number of hydrogen-bond acceptors (Lipinski definition) is 5. The Morgan fingerprint density at radius 3 is 2.65 bits per heavy atom. The van der Waals surface area contributed by atoms with Crippen LogP contribution in [-0.2, 0) is 4.79 Å². The van der Waals surface area contributed by atoms with Crippen LogP contribution >= 0.6 is 0 Å². The number of aromatic amines is 1. The van der Waals surface area contributed by atoms with Crippen LogP contribution in [0.15, 0.2) is 66.7 Å². The highest BCUT2D eigenvalue weighted by molar-refractivity contribution is 5.95. The zero-order valence-electron chi connectivity index (χ0n) is 21.0. The lowest BCUT2D eigenvalue weighted by molar-refractivity contribution is -0.118. The molecule has 3 aromatic heterocycles. The predicted octanol–water partition coefficient (Wildman–Crippen LogP) is 4.90. The highest BCUT2D eigenvalue weighted by atomic mass is 19.4. The summed E-state index contributed by atoms with van der Waals surface area (Å²) in [5.41, 5.74) is 1.11. The molecule has 7 nitrogen and oxygen atoms in total. The van der Waals surface area contributed by atoms with Gasteiger partial charge in [-0.05, 0) is 62.9 Å². The lowest BCUT2D eigenvalue weighted by Gasteiger charge is -2.33. The van der Waals surface area contributed by atoms with E-state index in [0.717, 1.165) is 28.7 Å². The van der Waals surface area contributed by atoms with Crippen LogP contribution in [0.25, 0.3) is 27.7 Å². The van der Waals surface area contributed by atoms with Crippen molar-refractivity contribution in [2.45, 2.75) is 25.1 Å². The van der Waals surface area contributed by atoms with Gasteiger partial charge in [0.05, 0.1) is 18.2 Å². The largest absolute Gasteiger partial charge is 0.481 e. The van der Waals surface area contributed by atoms with Crippen molar-refractivity contribution < 1.29 is 22.7 Å². The molecular weight excluding hydrogens is 483 g/mol. The fourth-order valence-electron chi connectivity index (χ4n) is 4.27. The molecule has 0 fully saturated rings. The van der Waals surface area contributed by atoms with E-state index in [-0.39, 0.29) is 6.42 Å². The Labute approximate surface area is 212 Å². The molecule has 1 amide bonds. The molecular formula is C27H28F3N5O2. The van der Waals surface area contributed by atoms with Crippen molar-refractivity contribution in [2.24, 2.45) is 0 Å². The summed E-state index contributed by atoms with van der Waals surface area (Å²) in [6, 6.07) is 5.39. The number of alkyl halides is 3. The minimum Gasteiger partial charge on any atom is -0.481 e. The van der Waals surface area contributed by atoms with E-state index in [2.05, 4.69) is 20.3 Å². The van der Waals surface area contributed by atoms with Crippen LogP contribution < -0.4 is 10.1 Å². The lowest BCUT2D eigenvalue weighted by Crippen LogP contribution is -2.45. The van der Waals surface area contributed by atoms with Crippen LogP contribution in [0.2, 0.25) is 0 Å². The highest BCUT2D eigenvalue weighted by Crippen LogP contribution is 2.40. The number of likely N-dealkylation sites (N-methyl/N-ethyl adjacent to an activating group) is 1. The van der Waals surface area contributed by atoms with E-state index in [1.54, 1.807) is 37.7 Å². The number of rotatable bonds is 7. The van der Waals surface area contributed by atoms with E-state index in [9.17, 15) is 18.0 Å². The number of amides is 1. The summed E-state index contributed by atoms with van der Waals surface area (Å²) in [5.74, 6) is 0.0102. The second kappa shape index (κ2) is 10.2. The summed E-state index contributed by atoms with van der Waals surface area (Å²) in [6.45, 7) is 2.12.